The second-order valence-corrected chi connectivity index (χ2v) is 6.78. The lowest BCUT2D eigenvalue weighted by molar-refractivity contribution is 0.0749. The first-order valence-electron chi connectivity index (χ1n) is 8.94. The van der Waals surface area contributed by atoms with Crippen LogP contribution in [0.2, 0.25) is 5.02 Å². The van der Waals surface area contributed by atoms with Gasteiger partial charge in [-0.2, -0.15) is 0 Å². The Bertz CT molecular complexity index is 1030. The van der Waals surface area contributed by atoms with Crippen molar-refractivity contribution in [3.8, 4) is 5.75 Å². The highest BCUT2D eigenvalue weighted by Gasteiger charge is 2.23. The topological polar surface area (TPSA) is 76.5 Å². The van der Waals surface area contributed by atoms with Gasteiger partial charge in [0.2, 0.25) is 0 Å². The van der Waals surface area contributed by atoms with E-state index >= 15 is 0 Å². The third-order valence-electron chi connectivity index (χ3n) is 4.56. The van der Waals surface area contributed by atoms with Crippen molar-refractivity contribution >= 4 is 34.1 Å². The van der Waals surface area contributed by atoms with Crippen LogP contribution >= 0.6 is 11.6 Å². The van der Waals surface area contributed by atoms with Crippen LogP contribution in [-0.4, -0.2) is 28.8 Å². The summed E-state index contributed by atoms with van der Waals surface area (Å²) in [5.74, 6) is 0.0790. The minimum Gasteiger partial charge on any atom is -0.497 e. The average Bonchev–Trinajstić information content (AvgIpc) is 2.73. The van der Waals surface area contributed by atoms with Gasteiger partial charge in [0.25, 0.3) is 0 Å². The molecule has 1 unspecified atom stereocenters. The van der Waals surface area contributed by atoms with Gasteiger partial charge in [-0.25, -0.2) is 0 Å². The number of halogens is 1. The molecule has 0 saturated heterocycles. The number of aliphatic hydroxyl groups excluding tert-OH is 1. The molecule has 3 aromatic rings. The van der Waals surface area contributed by atoms with Crippen molar-refractivity contribution in [3.63, 3.8) is 0 Å². The minimum absolute atomic E-state index is 0.0813. The van der Waals surface area contributed by atoms with Gasteiger partial charge in [-0.3, -0.25) is 14.6 Å². The van der Waals surface area contributed by atoms with Gasteiger partial charge in [-0.05, 0) is 30.7 Å². The van der Waals surface area contributed by atoms with Crippen LogP contribution in [-0.2, 0) is 0 Å². The van der Waals surface area contributed by atoms with Gasteiger partial charge in [-0.15, -0.1) is 0 Å². The van der Waals surface area contributed by atoms with Gasteiger partial charge < -0.3 is 9.84 Å². The Balaban J connectivity index is 2.01. The Morgan fingerprint density at radius 1 is 1.18 bits per heavy atom. The van der Waals surface area contributed by atoms with E-state index in [1.165, 1.54) is 13.3 Å². The summed E-state index contributed by atoms with van der Waals surface area (Å²) in [4.78, 5) is 29.3. The summed E-state index contributed by atoms with van der Waals surface area (Å²) < 4.78 is 5.09. The molecule has 0 fully saturated rings. The number of aliphatic hydroxyl groups is 1. The monoisotopic (exact) mass is 397 g/mol. The highest BCUT2D eigenvalue weighted by Crippen LogP contribution is 2.32. The highest BCUT2D eigenvalue weighted by molar-refractivity contribution is 6.38. The summed E-state index contributed by atoms with van der Waals surface area (Å²) in [6.45, 7) is 1.92. The minimum atomic E-state index is -1.40. The molecule has 0 radical (unpaired) electrons. The molecule has 5 nitrogen and oxygen atoms in total. The molecule has 0 aliphatic heterocycles. The number of fused-ring (bicyclic) bond motifs is 1. The van der Waals surface area contributed by atoms with Crippen molar-refractivity contribution in [1.82, 2.24) is 4.98 Å². The first-order valence-corrected chi connectivity index (χ1v) is 9.32. The number of methoxy groups -OCH3 is 1. The number of nitrogens with zero attached hydrogens (tertiary/aromatic N) is 1. The number of carbonyl (C=O) groups is 2. The Hall–Kier alpha value is -2.76. The Morgan fingerprint density at radius 2 is 1.89 bits per heavy atom. The summed E-state index contributed by atoms with van der Waals surface area (Å²) in [6, 6.07) is 11.5. The van der Waals surface area contributed by atoms with Crippen LogP contribution in [0.1, 0.15) is 52.1 Å². The molecule has 0 saturated carbocycles. The summed E-state index contributed by atoms with van der Waals surface area (Å²) >= 11 is 6.44. The van der Waals surface area contributed by atoms with Gasteiger partial charge in [0.05, 0.1) is 23.2 Å². The number of Topliss-reactive ketones (excluding diaryl/α,β-unsaturated/α-hetero) is 2. The Kier molecular flexibility index (Phi) is 6.07. The van der Waals surface area contributed by atoms with Crippen molar-refractivity contribution in [3.05, 3.63) is 70.4 Å². The van der Waals surface area contributed by atoms with E-state index in [-0.39, 0.29) is 10.8 Å². The third-order valence-corrected chi connectivity index (χ3v) is 4.97. The number of ether oxygens (including phenoxy) is 1. The van der Waals surface area contributed by atoms with E-state index in [4.69, 9.17) is 16.3 Å². The Morgan fingerprint density at radius 3 is 2.54 bits per heavy atom. The molecule has 0 aliphatic rings. The van der Waals surface area contributed by atoms with Crippen molar-refractivity contribution in [1.29, 1.82) is 0 Å². The van der Waals surface area contributed by atoms with Gasteiger partial charge >= 0.3 is 0 Å². The predicted octanol–water partition coefficient (Wildman–Crippen LogP) is 4.80. The lowest BCUT2D eigenvalue weighted by atomic mass is 9.96. The van der Waals surface area contributed by atoms with E-state index in [0.29, 0.717) is 46.2 Å². The normalized spacial score (nSPS) is 12.0. The van der Waals surface area contributed by atoms with E-state index in [9.17, 15) is 14.7 Å². The number of para-hydroxylation sites is 1. The van der Waals surface area contributed by atoms with Crippen molar-refractivity contribution in [2.75, 3.05) is 7.11 Å². The van der Waals surface area contributed by atoms with Gasteiger partial charge in [0, 0.05) is 29.1 Å². The fourth-order valence-corrected chi connectivity index (χ4v) is 3.35. The Labute approximate surface area is 167 Å². The molecule has 144 valence electrons. The van der Waals surface area contributed by atoms with E-state index in [2.05, 4.69) is 4.98 Å². The van der Waals surface area contributed by atoms with E-state index in [1.54, 1.807) is 42.5 Å². The summed E-state index contributed by atoms with van der Waals surface area (Å²) in [5.41, 5.74) is 1.44. The zero-order valence-electron chi connectivity index (χ0n) is 15.6. The van der Waals surface area contributed by atoms with Crippen LogP contribution in [0, 0.1) is 0 Å². The first-order chi connectivity index (χ1) is 13.5. The number of ketones is 2. The van der Waals surface area contributed by atoms with Crippen molar-refractivity contribution < 1.29 is 19.4 Å². The van der Waals surface area contributed by atoms with Crippen molar-refractivity contribution in [2.24, 2.45) is 0 Å². The number of hydrogen-bond acceptors (Lipinski definition) is 5. The number of carbonyl (C=O) groups excluding carboxylic acids is 2. The largest absolute Gasteiger partial charge is 0.497 e. The fraction of sp³-hybridized carbons (Fsp3) is 0.227. The number of aromatic nitrogens is 1. The maximum Gasteiger partial charge on any atom is 0.195 e. The van der Waals surface area contributed by atoms with E-state index in [0.717, 1.165) is 0 Å². The number of hydrogen-bond donors (Lipinski definition) is 1. The maximum absolute atomic E-state index is 12.7. The summed E-state index contributed by atoms with van der Waals surface area (Å²) in [6.07, 6.45) is 1.10. The number of rotatable bonds is 7. The molecule has 0 aliphatic carbocycles. The molecule has 1 heterocycles. The molecule has 2 aromatic carbocycles. The lowest BCUT2D eigenvalue weighted by Gasteiger charge is -2.14. The summed E-state index contributed by atoms with van der Waals surface area (Å²) in [5, 5.41) is 11.5. The number of benzene rings is 2. The fourth-order valence-electron chi connectivity index (χ4n) is 3.04. The van der Waals surface area contributed by atoms with Gasteiger partial charge in [0.1, 0.15) is 11.9 Å². The van der Waals surface area contributed by atoms with Crippen LogP contribution in [0.5, 0.6) is 5.75 Å². The molecule has 28 heavy (non-hydrogen) atoms. The molecule has 0 spiro atoms. The predicted molar refractivity (Wildman–Crippen MR) is 108 cm³/mol. The molecular formula is C22H20ClNO4. The van der Waals surface area contributed by atoms with Crippen LogP contribution in [0.3, 0.4) is 0 Å². The second-order valence-electron chi connectivity index (χ2n) is 6.40. The SMILES string of the molecule is CCCC(=O)c1cnc2c(C(O)C(=O)c3ccc(OC)cc3)cccc2c1Cl. The molecule has 3 rings (SSSR count). The van der Waals surface area contributed by atoms with Crippen LogP contribution in [0.15, 0.2) is 48.7 Å². The summed E-state index contributed by atoms with van der Waals surface area (Å²) in [7, 11) is 1.54. The standard InChI is InChI=1S/C22H20ClNO4/c1-3-5-18(25)17-12-24-20-15(19(17)23)6-4-7-16(20)22(27)21(26)13-8-10-14(28-2)11-9-13/h4,6-12,22,27H,3,5H2,1-2H3. The third kappa shape index (κ3) is 3.77. The first kappa shape index (κ1) is 20.0. The van der Waals surface area contributed by atoms with E-state index in [1.807, 2.05) is 6.92 Å². The molecule has 1 atom stereocenters. The smallest absolute Gasteiger partial charge is 0.195 e. The molecule has 1 N–H and O–H groups in total. The maximum atomic E-state index is 12.7. The zero-order chi connectivity index (χ0) is 20.3. The average molecular weight is 398 g/mol. The second kappa shape index (κ2) is 8.50. The highest BCUT2D eigenvalue weighted by atomic mass is 35.5. The van der Waals surface area contributed by atoms with E-state index < -0.39 is 11.9 Å². The molecular weight excluding hydrogens is 378 g/mol. The van der Waals surface area contributed by atoms with Crippen LogP contribution < -0.4 is 4.74 Å². The quantitative estimate of drug-likeness (QED) is 0.579. The molecule has 6 heteroatoms. The zero-order valence-corrected chi connectivity index (χ0v) is 16.4. The molecule has 0 bridgehead atoms. The van der Waals surface area contributed by atoms with Crippen LogP contribution in [0.25, 0.3) is 10.9 Å². The molecule has 0 amide bonds. The van der Waals surface area contributed by atoms with Gasteiger partial charge in [0.15, 0.2) is 11.6 Å². The number of pyridine rings is 1. The lowest BCUT2D eigenvalue weighted by Crippen LogP contribution is -2.13. The van der Waals surface area contributed by atoms with Gasteiger partial charge in [-0.1, -0.05) is 36.7 Å². The van der Waals surface area contributed by atoms with Crippen molar-refractivity contribution in [2.45, 2.75) is 25.9 Å². The molecule has 1 aromatic heterocycles. The van der Waals surface area contributed by atoms with Crippen LogP contribution in [0.4, 0.5) is 0 Å².